The van der Waals surface area contributed by atoms with Gasteiger partial charge >= 0.3 is 0 Å². The van der Waals surface area contributed by atoms with Gasteiger partial charge in [0.2, 0.25) is 0 Å². The second kappa shape index (κ2) is 11.9. The lowest BCUT2D eigenvalue weighted by Gasteiger charge is -2.24. The Morgan fingerprint density at radius 1 is 0.667 bits per heavy atom. The summed E-state index contributed by atoms with van der Waals surface area (Å²) in [6, 6.07) is 42.6. The van der Waals surface area contributed by atoms with E-state index < -0.39 is 6.85 Å². The summed E-state index contributed by atoms with van der Waals surface area (Å²) in [4.78, 5) is 5.42. The van der Waals surface area contributed by atoms with Gasteiger partial charge in [-0.2, -0.15) is 5.26 Å². The molecule has 54 heavy (non-hydrogen) atoms. The monoisotopic (exact) mass is 702 g/mol. The third kappa shape index (κ3) is 4.73. The van der Waals surface area contributed by atoms with Crippen molar-refractivity contribution < 1.29 is 12.9 Å². The Morgan fingerprint density at radius 2 is 1.39 bits per heavy atom. The number of nitrogens with zero attached hydrogens (tertiary/aromatic N) is 3. The van der Waals surface area contributed by atoms with Gasteiger partial charge < -0.3 is 8.83 Å². The zero-order valence-electron chi connectivity index (χ0n) is 33.4. The van der Waals surface area contributed by atoms with E-state index in [4.69, 9.17) is 17.9 Å². The molecular formula is C49H37N3O2. The minimum absolute atomic E-state index is 0.153. The molecule has 5 heteroatoms. The lowest BCUT2D eigenvalue weighted by Crippen LogP contribution is -2.09. The molecule has 3 heterocycles. The first-order valence-electron chi connectivity index (χ1n) is 19.9. The van der Waals surface area contributed by atoms with Crippen molar-refractivity contribution in [2.24, 2.45) is 0 Å². The highest BCUT2D eigenvalue weighted by molar-refractivity contribution is 6.18. The third-order valence-electron chi connectivity index (χ3n) is 10.9. The van der Waals surface area contributed by atoms with Gasteiger partial charge in [0.25, 0.3) is 0 Å². The van der Waals surface area contributed by atoms with E-state index in [-0.39, 0.29) is 17.4 Å². The highest BCUT2D eigenvalue weighted by Gasteiger charge is 2.27. The summed E-state index contributed by atoms with van der Waals surface area (Å²) in [7, 11) is 0. The van der Waals surface area contributed by atoms with E-state index in [1.807, 2.05) is 30.3 Å². The zero-order chi connectivity index (χ0) is 39.3. The van der Waals surface area contributed by atoms with Crippen molar-refractivity contribution in [3.05, 3.63) is 144 Å². The van der Waals surface area contributed by atoms with Crippen LogP contribution in [0.1, 0.15) is 65.9 Å². The number of hydrogen-bond acceptors (Lipinski definition) is 4. The molecule has 0 atom stereocenters. The molecular weight excluding hydrogens is 663 g/mol. The van der Waals surface area contributed by atoms with Crippen LogP contribution in [0, 0.1) is 18.2 Å². The first-order chi connectivity index (χ1) is 27.5. The molecule has 0 N–H and O–H groups in total. The standard InChI is InChI=1S/C49H37N3O2/c1-27(2)37-22-33(31-11-7-6-8-12-31)23-38(28(3)4)46(37)52-47-34-14-10-9-13-32(34)17-20-41(47)51-49(52)36-18-15-29(5)45-40-25-43-39(24-44(40)54-48(36)45)35-19-16-30(26-50)21-42(35)53-43/h6-25,27-28H,1-5H3/i5D3. The van der Waals surface area contributed by atoms with Crippen LogP contribution >= 0.6 is 0 Å². The quantitative estimate of drug-likeness (QED) is 0.179. The van der Waals surface area contributed by atoms with Gasteiger partial charge in [0.1, 0.15) is 28.2 Å². The van der Waals surface area contributed by atoms with Gasteiger partial charge in [0, 0.05) is 31.0 Å². The van der Waals surface area contributed by atoms with Crippen molar-refractivity contribution in [1.29, 1.82) is 5.26 Å². The Kier molecular flexibility index (Phi) is 6.39. The fourth-order valence-corrected chi connectivity index (χ4v) is 8.25. The van der Waals surface area contributed by atoms with Crippen LogP contribution < -0.4 is 0 Å². The van der Waals surface area contributed by atoms with E-state index in [1.54, 1.807) is 18.2 Å². The molecule has 0 fully saturated rings. The maximum atomic E-state index is 9.51. The molecule has 5 nitrogen and oxygen atoms in total. The first kappa shape index (κ1) is 28.9. The number of nitriles is 1. The number of fused-ring (bicyclic) bond motifs is 9. The fourth-order valence-electron chi connectivity index (χ4n) is 8.25. The van der Waals surface area contributed by atoms with Crippen LogP contribution in [0.4, 0.5) is 0 Å². The molecule has 0 saturated heterocycles. The summed E-state index contributed by atoms with van der Waals surface area (Å²) in [5, 5.41) is 14.5. The highest BCUT2D eigenvalue weighted by atomic mass is 16.3. The smallest absolute Gasteiger partial charge is 0.149 e. The second-order valence-corrected chi connectivity index (χ2v) is 14.8. The van der Waals surface area contributed by atoms with Crippen molar-refractivity contribution in [3.8, 4) is 34.3 Å². The first-order valence-corrected chi connectivity index (χ1v) is 18.4. The molecule has 7 aromatic carbocycles. The molecule has 10 rings (SSSR count). The zero-order valence-corrected chi connectivity index (χ0v) is 30.4. The van der Waals surface area contributed by atoms with Gasteiger partial charge in [-0.1, -0.05) is 94.4 Å². The fraction of sp³-hybridized carbons (Fsp3) is 0.143. The van der Waals surface area contributed by atoms with Crippen LogP contribution in [-0.2, 0) is 0 Å². The molecule has 10 aromatic rings. The number of aryl methyl sites for hydroxylation is 1. The highest BCUT2D eigenvalue weighted by Crippen LogP contribution is 2.45. The maximum Gasteiger partial charge on any atom is 0.149 e. The van der Waals surface area contributed by atoms with Gasteiger partial charge in [0.15, 0.2) is 0 Å². The second-order valence-electron chi connectivity index (χ2n) is 14.8. The van der Waals surface area contributed by atoms with Gasteiger partial charge in [0.05, 0.1) is 33.9 Å². The van der Waals surface area contributed by atoms with E-state index in [0.717, 1.165) is 49.4 Å². The van der Waals surface area contributed by atoms with E-state index in [9.17, 15) is 5.26 Å². The van der Waals surface area contributed by atoms with E-state index in [0.29, 0.717) is 50.1 Å². The Bertz CT molecular complexity index is 3270. The lowest BCUT2D eigenvalue weighted by molar-refractivity contribution is 0.664. The summed E-state index contributed by atoms with van der Waals surface area (Å²) >= 11 is 0. The van der Waals surface area contributed by atoms with Crippen LogP contribution in [-0.4, -0.2) is 9.55 Å². The van der Waals surface area contributed by atoms with Gasteiger partial charge in [-0.05, 0) is 106 Å². The maximum absolute atomic E-state index is 9.51. The van der Waals surface area contributed by atoms with Gasteiger partial charge in [-0.25, -0.2) is 4.98 Å². The number of hydrogen-bond donors (Lipinski definition) is 0. The molecule has 0 amide bonds. The van der Waals surface area contributed by atoms with Crippen LogP contribution in [0.2, 0.25) is 0 Å². The van der Waals surface area contributed by atoms with Crippen molar-refractivity contribution >= 4 is 65.7 Å². The number of benzene rings is 7. The Labute approximate surface area is 316 Å². The topological polar surface area (TPSA) is 67.9 Å². The van der Waals surface area contributed by atoms with E-state index >= 15 is 0 Å². The summed E-state index contributed by atoms with van der Waals surface area (Å²) in [6.07, 6.45) is 0. The van der Waals surface area contributed by atoms with E-state index in [1.165, 1.54) is 11.1 Å². The van der Waals surface area contributed by atoms with Gasteiger partial charge in [-0.3, -0.25) is 4.57 Å². The number of rotatable bonds is 5. The van der Waals surface area contributed by atoms with Crippen molar-refractivity contribution in [2.45, 2.75) is 46.4 Å². The average molecular weight is 703 g/mol. The molecule has 0 aliphatic heterocycles. The summed E-state index contributed by atoms with van der Waals surface area (Å²) < 4.78 is 41.4. The molecule has 0 saturated carbocycles. The van der Waals surface area contributed by atoms with Crippen LogP contribution in [0.5, 0.6) is 0 Å². The molecule has 0 aliphatic rings. The molecule has 0 unspecified atom stereocenters. The van der Waals surface area contributed by atoms with Crippen LogP contribution in [0.25, 0.3) is 93.9 Å². The molecule has 0 aliphatic carbocycles. The Balaban J connectivity index is 1.35. The molecule has 260 valence electrons. The average Bonchev–Trinajstić information content (AvgIpc) is 3.89. The molecule has 0 radical (unpaired) electrons. The van der Waals surface area contributed by atoms with Crippen LogP contribution in [0.15, 0.2) is 130 Å². The summed E-state index contributed by atoms with van der Waals surface area (Å²) in [6.45, 7) is 6.50. The predicted octanol–water partition coefficient (Wildman–Crippen LogP) is 13.7. The van der Waals surface area contributed by atoms with Crippen molar-refractivity contribution in [3.63, 3.8) is 0 Å². The van der Waals surface area contributed by atoms with Gasteiger partial charge in [-0.15, -0.1) is 0 Å². The lowest BCUT2D eigenvalue weighted by atomic mass is 9.88. The normalized spacial score (nSPS) is 13.2. The number of aromatic nitrogens is 2. The Hall–Kier alpha value is -6.64. The SMILES string of the molecule is [2H]C([2H])([2H])c1ccc(-c2nc3ccc4ccccc4c3n2-c2c(C(C)C)cc(-c3ccccc3)cc2C(C)C)c2oc3cc4c(cc3c12)oc1cc(C#N)ccc14. The van der Waals surface area contributed by atoms with Crippen LogP contribution in [0.3, 0.4) is 0 Å². The summed E-state index contributed by atoms with van der Waals surface area (Å²) in [5.41, 5.74) is 11.1. The summed E-state index contributed by atoms with van der Waals surface area (Å²) in [5.74, 6) is 0.970. The minimum Gasteiger partial charge on any atom is -0.456 e. The Morgan fingerprint density at radius 3 is 2.15 bits per heavy atom. The molecule has 0 bridgehead atoms. The molecule has 3 aromatic heterocycles. The molecule has 0 spiro atoms. The largest absolute Gasteiger partial charge is 0.456 e. The minimum atomic E-state index is -2.43. The number of imidazole rings is 1. The van der Waals surface area contributed by atoms with Crippen molar-refractivity contribution in [1.82, 2.24) is 9.55 Å². The predicted molar refractivity (Wildman–Crippen MR) is 222 cm³/mol. The van der Waals surface area contributed by atoms with E-state index in [2.05, 4.69) is 111 Å². The third-order valence-corrected chi connectivity index (χ3v) is 10.9. The van der Waals surface area contributed by atoms with Crippen molar-refractivity contribution in [2.75, 3.05) is 0 Å². The number of furan rings is 2.